The van der Waals surface area contributed by atoms with Crippen LogP contribution in [0.1, 0.15) is 12.7 Å². The van der Waals surface area contributed by atoms with Crippen molar-refractivity contribution in [2.75, 3.05) is 43.3 Å². The first-order chi connectivity index (χ1) is 18.7. The molecule has 0 fully saturated rings. The Bertz CT molecular complexity index is 1530. The third-order valence-electron chi connectivity index (χ3n) is 5.61. The summed E-state index contributed by atoms with van der Waals surface area (Å²) in [5, 5.41) is 8.65. The van der Waals surface area contributed by atoms with Crippen LogP contribution in [0.3, 0.4) is 0 Å². The van der Waals surface area contributed by atoms with E-state index in [4.69, 9.17) is 13.9 Å². The van der Waals surface area contributed by atoms with Gasteiger partial charge in [-0.15, -0.1) is 10.2 Å². The molecule has 4 rings (SSSR count). The van der Waals surface area contributed by atoms with Crippen molar-refractivity contribution >= 4 is 32.9 Å². The van der Waals surface area contributed by atoms with Crippen LogP contribution < -0.4 is 13.8 Å². The molecule has 3 heterocycles. The standard InChI is InChI=1S/C25H28FN6O5S2/c1-17(14-22-27-15-18(26)16-28-22)39(33,34)31(11-13-38(4)5)25-30-29-24(21-10-7-12-37-21)32(25)23-19(35-2)8-6-9-20(23)36-3/h6-10,12,14-16H,11,13H2,1-5H3/q+1/b17-14-. The van der Waals surface area contributed by atoms with Gasteiger partial charge in [0.05, 0.1) is 56.8 Å². The summed E-state index contributed by atoms with van der Waals surface area (Å²) < 4.78 is 61.0. The maximum atomic E-state index is 14.1. The second-order valence-electron chi connectivity index (χ2n) is 8.43. The highest BCUT2D eigenvalue weighted by molar-refractivity contribution is 7.97. The van der Waals surface area contributed by atoms with E-state index >= 15 is 0 Å². The molecule has 0 aliphatic rings. The van der Waals surface area contributed by atoms with Crippen molar-refractivity contribution in [2.45, 2.75) is 6.92 Å². The largest absolute Gasteiger partial charge is 0.494 e. The highest BCUT2D eigenvalue weighted by Crippen LogP contribution is 2.39. The van der Waals surface area contributed by atoms with E-state index in [9.17, 15) is 12.8 Å². The Morgan fingerprint density at radius 3 is 2.33 bits per heavy atom. The lowest BCUT2D eigenvalue weighted by Crippen LogP contribution is -2.37. The number of rotatable bonds is 11. The molecular weight excluding hydrogens is 547 g/mol. The van der Waals surface area contributed by atoms with Crippen LogP contribution >= 0.6 is 0 Å². The van der Waals surface area contributed by atoms with Gasteiger partial charge in [0, 0.05) is 0 Å². The van der Waals surface area contributed by atoms with Crippen LogP contribution in [-0.4, -0.2) is 72.2 Å². The zero-order valence-corrected chi connectivity index (χ0v) is 23.7. The predicted molar refractivity (Wildman–Crippen MR) is 148 cm³/mol. The lowest BCUT2D eigenvalue weighted by molar-refractivity contribution is 0.391. The number of hydrogen-bond donors (Lipinski definition) is 0. The number of methoxy groups -OCH3 is 2. The molecule has 206 valence electrons. The summed E-state index contributed by atoms with van der Waals surface area (Å²) in [4.78, 5) is 7.66. The van der Waals surface area contributed by atoms with E-state index in [0.717, 1.165) is 12.4 Å². The Kier molecular flexibility index (Phi) is 8.55. The minimum absolute atomic E-state index is 0.00224. The summed E-state index contributed by atoms with van der Waals surface area (Å²) in [7, 11) is -1.30. The molecule has 0 atom stereocenters. The molecule has 0 saturated carbocycles. The van der Waals surface area contributed by atoms with Gasteiger partial charge in [0.2, 0.25) is 11.8 Å². The quantitative estimate of drug-likeness (QED) is 0.247. The van der Waals surface area contributed by atoms with Crippen LogP contribution in [0.25, 0.3) is 23.3 Å². The molecule has 0 unspecified atom stereocenters. The molecule has 1 aromatic carbocycles. The van der Waals surface area contributed by atoms with Gasteiger partial charge in [0.25, 0.3) is 10.0 Å². The van der Waals surface area contributed by atoms with E-state index in [2.05, 4.69) is 20.2 Å². The van der Waals surface area contributed by atoms with E-state index in [1.165, 1.54) is 37.8 Å². The van der Waals surface area contributed by atoms with E-state index in [1.54, 1.807) is 34.9 Å². The third kappa shape index (κ3) is 5.91. The molecule has 0 saturated heterocycles. The zero-order valence-electron chi connectivity index (χ0n) is 22.0. The Morgan fingerprint density at radius 2 is 1.77 bits per heavy atom. The first kappa shape index (κ1) is 28.1. The van der Waals surface area contributed by atoms with Crippen LogP contribution in [0.2, 0.25) is 0 Å². The van der Waals surface area contributed by atoms with Gasteiger partial charge >= 0.3 is 0 Å². The van der Waals surface area contributed by atoms with E-state index in [1.807, 2.05) is 12.5 Å². The molecule has 0 aliphatic carbocycles. The van der Waals surface area contributed by atoms with E-state index in [0.29, 0.717) is 28.7 Å². The molecule has 0 radical (unpaired) electrons. The highest BCUT2D eigenvalue weighted by Gasteiger charge is 2.34. The Balaban J connectivity index is 1.96. The second-order valence-corrected chi connectivity index (χ2v) is 12.8. The minimum atomic E-state index is -4.19. The van der Waals surface area contributed by atoms with Gasteiger partial charge in [-0.2, -0.15) is 0 Å². The average Bonchev–Trinajstić information content (AvgIpc) is 3.59. The topological polar surface area (TPSA) is 125 Å². The molecule has 4 aromatic rings. The lowest BCUT2D eigenvalue weighted by Gasteiger charge is -2.25. The van der Waals surface area contributed by atoms with Crippen molar-refractivity contribution in [1.82, 2.24) is 24.7 Å². The summed E-state index contributed by atoms with van der Waals surface area (Å²) in [6, 6.07) is 8.58. The Morgan fingerprint density at radius 1 is 1.10 bits per heavy atom. The summed E-state index contributed by atoms with van der Waals surface area (Å²) in [5.74, 6) is 1.37. The second kappa shape index (κ2) is 11.9. The third-order valence-corrected chi connectivity index (χ3v) is 8.47. The molecular formula is C25H28FN6O5S2+. The number of anilines is 1. The molecule has 11 nitrogen and oxygen atoms in total. The number of furan rings is 1. The number of allylic oxidation sites excluding steroid dienone is 1. The van der Waals surface area contributed by atoms with Crippen molar-refractivity contribution in [1.29, 1.82) is 0 Å². The summed E-state index contributed by atoms with van der Waals surface area (Å²) in [6.07, 6.45) is 8.73. The van der Waals surface area contributed by atoms with Gasteiger partial charge in [-0.05, 0) is 48.2 Å². The first-order valence-corrected chi connectivity index (χ1v) is 15.3. The lowest BCUT2D eigenvalue weighted by atomic mass is 10.2. The maximum Gasteiger partial charge on any atom is 0.262 e. The molecule has 0 bridgehead atoms. The molecule has 0 amide bonds. The minimum Gasteiger partial charge on any atom is -0.494 e. The van der Waals surface area contributed by atoms with Crippen LogP contribution in [-0.2, 0) is 20.9 Å². The zero-order chi connectivity index (χ0) is 28.2. The van der Waals surface area contributed by atoms with Crippen molar-refractivity contribution in [2.24, 2.45) is 0 Å². The van der Waals surface area contributed by atoms with Crippen molar-refractivity contribution < 1.29 is 26.7 Å². The van der Waals surface area contributed by atoms with Crippen molar-refractivity contribution in [3.05, 3.63) is 65.5 Å². The molecule has 0 N–H and O–H groups in total. The molecule has 39 heavy (non-hydrogen) atoms. The number of aromatic nitrogens is 5. The van der Waals surface area contributed by atoms with Gasteiger partial charge in [0.15, 0.2) is 17.4 Å². The molecule has 3 aromatic heterocycles. The Labute approximate surface area is 228 Å². The number of halogens is 1. The summed E-state index contributed by atoms with van der Waals surface area (Å²) in [5.41, 5.74) is 0.393. The first-order valence-electron chi connectivity index (χ1n) is 11.6. The SMILES string of the molecule is COc1cccc(OC)c1-n1c(-c2ccco2)nnc1N(CC[S+](C)C)S(=O)(=O)/C(C)=C\c1ncc(F)cn1. The molecule has 14 heteroatoms. The van der Waals surface area contributed by atoms with Gasteiger partial charge < -0.3 is 13.9 Å². The van der Waals surface area contributed by atoms with Crippen LogP contribution in [0.5, 0.6) is 11.5 Å². The maximum absolute atomic E-state index is 14.1. The van der Waals surface area contributed by atoms with Gasteiger partial charge in [-0.25, -0.2) is 27.1 Å². The van der Waals surface area contributed by atoms with Crippen LogP contribution in [0, 0.1) is 5.82 Å². The van der Waals surface area contributed by atoms with Gasteiger partial charge in [-0.3, -0.25) is 4.57 Å². The van der Waals surface area contributed by atoms with E-state index < -0.39 is 15.8 Å². The van der Waals surface area contributed by atoms with Gasteiger partial charge in [-0.1, -0.05) is 6.07 Å². The smallest absolute Gasteiger partial charge is 0.262 e. The number of para-hydroxylation sites is 1. The molecule has 0 spiro atoms. The Hall–Kier alpha value is -3.91. The van der Waals surface area contributed by atoms with Crippen LogP contribution in [0.15, 0.2) is 58.3 Å². The molecule has 0 aliphatic heterocycles. The monoisotopic (exact) mass is 575 g/mol. The number of benzene rings is 1. The van der Waals surface area contributed by atoms with Gasteiger partial charge in [0.1, 0.15) is 22.9 Å². The summed E-state index contributed by atoms with van der Waals surface area (Å²) >= 11 is 0. The number of nitrogens with zero attached hydrogens (tertiary/aromatic N) is 6. The predicted octanol–water partition coefficient (Wildman–Crippen LogP) is 3.55. The highest BCUT2D eigenvalue weighted by atomic mass is 32.2. The fraction of sp³-hybridized carbons (Fsp3) is 0.280. The summed E-state index contributed by atoms with van der Waals surface area (Å²) in [6.45, 7) is 1.52. The van der Waals surface area contributed by atoms with Crippen molar-refractivity contribution in [3.8, 4) is 28.8 Å². The number of hydrogen-bond acceptors (Lipinski definition) is 9. The normalized spacial score (nSPS) is 12.1. The van der Waals surface area contributed by atoms with E-state index in [-0.39, 0.29) is 39.9 Å². The fourth-order valence-corrected chi connectivity index (χ4v) is 5.61. The van der Waals surface area contributed by atoms with Crippen LogP contribution in [0.4, 0.5) is 10.3 Å². The number of sulfonamides is 1. The van der Waals surface area contributed by atoms with Crippen molar-refractivity contribution in [3.63, 3.8) is 0 Å². The fourth-order valence-electron chi connectivity index (χ4n) is 3.68. The average molecular weight is 576 g/mol. The number of ether oxygens (including phenoxy) is 2.